The van der Waals surface area contributed by atoms with Gasteiger partial charge in [0.25, 0.3) is 0 Å². The Morgan fingerprint density at radius 2 is 2.50 bits per heavy atom. The maximum atomic E-state index is 4.00. The highest BCUT2D eigenvalue weighted by molar-refractivity contribution is 4.81. The van der Waals surface area contributed by atoms with Crippen LogP contribution in [0.25, 0.3) is 0 Å². The number of hydrogen-bond donors (Lipinski definition) is 2. The zero-order valence-corrected chi connectivity index (χ0v) is 7.03. The SMILES string of the molecule is c1cn(C[C@@H]2CNCCN2)cn1. The zero-order chi connectivity index (χ0) is 8.23. The summed E-state index contributed by atoms with van der Waals surface area (Å²) in [6, 6.07) is 0.549. The second-order valence-electron chi connectivity index (χ2n) is 3.11. The van der Waals surface area contributed by atoms with Crippen LogP contribution in [0.3, 0.4) is 0 Å². The van der Waals surface area contributed by atoms with E-state index in [0.29, 0.717) is 6.04 Å². The van der Waals surface area contributed by atoms with Crippen molar-refractivity contribution in [1.29, 1.82) is 0 Å². The van der Waals surface area contributed by atoms with E-state index in [2.05, 4.69) is 20.2 Å². The molecule has 1 atom stereocenters. The lowest BCUT2D eigenvalue weighted by Gasteiger charge is -2.24. The average molecular weight is 166 g/mol. The Bertz CT molecular complexity index is 213. The number of rotatable bonds is 2. The minimum absolute atomic E-state index is 0.549. The Balaban J connectivity index is 1.86. The van der Waals surface area contributed by atoms with Crippen LogP contribution < -0.4 is 10.6 Å². The molecule has 1 aliphatic rings. The maximum Gasteiger partial charge on any atom is 0.0946 e. The molecule has 0 aliphatic carbocycles. The molecule has 66 valence electrons. The Hall–Kier alpha value is -0.870. The van der Waals surface area contributed by atoms with Crippen molar-refractivity contribution in [2.24, 2.45) is 0 Å². The van der Waals surface area contributed by atoms with Crippen LogP contribution >= 0.6 is 0 Å². The van der Waals surface area contributed by atoms with Crippen molar-refractivity contribution in [1.82, 2.24) is 20.2 Å². The monoisotopic (exact) mass is 166 g/mol. The van der Waals surface area contributed by atoms with Gasteiger partial charge in [-0.3, -0.25) is 0 Å². The van der Waals surface area contributed by atoms with E-state index >= 15 is 0 Å². The van der Waals surface area contributed by atoms with Crippen LogP contribution in [-0.2, 0) is 6.54 Å². The van der Waals surface area contributed by atoms with Gasteiger partial charge in [-0.25, -0.2) is 4.98 Å². The highest BCUT2D eigenvalue weighted by Crippen LogP contribution is 1.93. The first kappa shape index (κ1) is 7.76. The van der Waals surface area contributed by atoms with Gasteiger partial charge in [0.2, 0.25) is 0 Å². The molecule has 4 heteroatoms. The lowest BCUT2D eigenvalue weighted by molar-refractivity contribution is 0.379. The smallest absolute Gasteiger partial charge is 0.0946 e. The minimum Gasteiger partial charge on any atom is -0.336 e. The normalized spacial score (nSPS) is 24.2. The molecule has 1 aromatic heterocycles. The van der Waals surface area contributed by atoms with E-state index in [1.54, 1.807) is 0 Å². The molecule has 4 nitrogen and oxygen atoms in total. The Kier molecular flexibility index (Phi) is 2.39. The number of aromatic nitrogens is 2. The summed E-state index contributed by atoms with van der Waals surface area (Å²) in [4.78, 5) is 4.00. The van der Waals surface area contributed by atoms with Gasteiger partial charge >= 0.3 is 0 Å². The summed E-state index contributed by atoms with van der Waals surface area (Å²) in [5.74, 6) is 0. The quantitative estimate of drug-likeness (QED) is 0.619. The summed E-state index contributed by atoms with van der Waals surface area (Å²) in [5, 5.41) is 6.80. The van der Waals surface area contributed by atoms with Crippen LogP contribution in [0.1, 0.15) is 0 Å². The van der Waals surface area contributed by atoms with Gasteiger partial charge in [0.15, 0.2) is 0 Å². The minimum atomic E-state index is 0.549. The van der Waals surface area contributed by atoms with Gasteiger partial charge in [-0.05, 0) is 0 Å². The fourth-order valence-corrected chi connectivity index (χ4v) is 1.49. The highest BCUT2D eigenvalue weighted by atomic mass is 15.1. The summed E-state index contributed by atoms with van der Waals surface area (Å²) in [6.45, 7) is 4.21. The molecule has 2 N–H and O–H groups in total. The van der Waals surface area contributed by atoms with Crippen molar-refractivity contribution < 1.29 is 0 Å². The Morgan fingerprint density at radius 3 is 3.17 bits per heavy atom. The summed E-state index contributed by atoms with van der Waals surface area (Å²) >= 11 is 0. The molecule has 1 saturated heterocycles. The van der Waals surface area contributed by atoms with Gasteiger partial charge in [-0.1, -0.05) is 0 Å². The van der Waals surface area contributed by atoms with Crippen molar-refractivity contribution in [3.63, 3.8) is 0 Å². The molecule has 0 spiro atoms. The van der Waals surface area contributed by atoms with Crippen molar-refractivity contribution in [2.45, 2.75) is 12.6 Å². The average Bonchev–Trinajstić information content (AvgIpc) is 2.59. The molecule has 0 aromatic carbocycles. The molecule has 1 aromatic rings. The first-order valence-electron chi connectivity index (χ1n) is 4.35. The fourth-order valence-electron chi connectivity index (χ4n) is 1.49. The first-order chi connectivity index (χ1) is 5.95. The molecule has 2 heterocycles. The van der Waals surface area contributed by atoms with Gasteiger partial charge in [-0.2, -0.15) is 0 Å². The van der Waals surface area contributed by atoms with E-state index in [-0.39, 0.29) is 0 Å². The van der Waals surface area contributed by atoms with Crippen LogP contribution in [0.15, 0.2) is 18.7 Å². The fraction of sp³-hybridized carbons (Fsp3) is 0.625. The predicted molar refractivity (Wildman–Crippen MR) is 46.9 cm³/mol. The van der Waals surface area contributed by atoms with Crippen LogP contribution in [0.5, 0.6) is 0 Å². The van der Waals surface area contributed by atoms with E-state index in [1.165, 1.54) is 0 Å². The number of nitrogens with zero attached hydrogens (tertiary/aromatic N) is 2. The second kappa shape index (κ2) is 3.69. The molecule has 0 unspecified atom stereocenters. The van der Waals surface area contributed by atoms with Crippen LogP contribution in [0, 0.1) is 0 Å². The van der Waals surface area contributed by atoms with Gasteiger partial charge < -0.3 is 15.2 Å². The molecular formula is C8H14N4. The van der Waals surface area contributed by atoms with E-state index in [4.69, 9.17) is 0 Å². The maximum absolute atomic E-state index is 4.00. The Morgan fingerprint density at radius 1 is 1.50 bits per heavy atom. The topological polar surface area (TPSA) is 41.9 Å². The van der Waals surface area contributed by atoms with E-state index in [0.717, 1.165) is 26.2 Å². The van der Waals surface area contributed by atoms with Gasteiger partial charge in [0, 0.05) is 44.6 Å². The summed E-state index contributed by atoms with van der Waals surface area (Å²) in [6.07, 6.45) is 5.67. The molecule has 2 rings (SSSR count). The molecule has 0 saturated carbocycles. The number of imidazole rings is 1. The van der Waals surface area contributed by atoms with Crippen LogP contribution in [0.4, 0.5) is 0 Å². The van der Waals surface area contributed by atoms with Crippen molar-refractivity contribution in [3.05, 3.63) is 18.7 Å². The number of piperazine rings is 1. The first-order valence-corrected chi connectivity index (χ1v) is 4.35. The van der Waals surface area contributed by atoms with E-state index in [9.17, 15) is 0 Å². The summed E-state index contributed by atoms with van der Waals surface area (Å²) in [5.41, 5.74) is 0. The second-order valence-corrected chi connectivity index (χ2v) is 3.11. The number of nitrogens with one attached hydrogen (secondary N) is 2. The zero-order valence-electron chi connectivity index (χ0n) is 7.03. The lowest BCUT2D eigenvalue weighted by Crippen LogP contribution is -2.50. The molecule has 0 amide bonds. The summed E-state index contributed by atoms with van der Waals surface area (Å²) in [7, 11) is 0. The molecular weight excluding hydrogens is 152 g/mol. The molecule has 0 radical (unpaired) electrons. The number of hydrogen-bond acceptors (Lipinski definition) is 3. The van der Waals surface area contributed by atoms with Crippen molar-refractivity contribution in [2.75, 3.05) is 19.6 Å². The summed E-state index contributed by atoms with van der Waals surface area (Å²) < 4.78 is 2.10. The third-order valence-corrected chi connectivity index (χ3v) is 2.12. The van der Waals surface area contributed by atoms with Crippen molar-refractivity contribution >= 4 is 0 Å². The molecule has 12 heavy (non-hydrogen) atoms. The largest absolute Gasteiger partial charge is 0.336 e. The predicted octanol–water partition coefficient (Wildman–Crippen LogP) is -0.555. The molecule has 0 bridgehead atoms. The van der Waals surface area contributed by atoms with Gasteiger partial charge in [0.05, 0.1) is 6.33 Å². The third-order valence-electron chi connectivity index (χ3n) is 2.12. The third kappa shape index (κ3) is 1.84. The molecule has 1 aliphatic heterocycles. The van der Waals surface area contributed by atoms with Gasteiger partial charge in [-0.15, -0.1) is 0 Å². The van der Waals surface area contributed by atoms with E-state index < -0.39 is 0 Å². The highest BCUT2D eigenvalue weighted by Gasteiger charge is 2.11. The van der Waals surface area contributed by atoms with Crippen LogP contribution in [0.2, 0.25) is 0 Å². The standard InChI is InChI=1S/C8H14N4/c1-2-11-8(5-9-1)6-12-4-3-10-7-12/h3-4,7-9,11H,1-2,5-6H2/t8-/m0/s1. The Labute approximate surface area is 72.0 Å². The van der Waals surface area contributed by atoms with Crippen LogP contribution in [-0.4, -0.2) is 35.2 Å². The molecule has 1 fully saturated rings. The van der Waals surface area contributed by atoms with E-state index in [1.807, 2.05) is 18.7 Å². The lowest BCUT2D eigenvalue weighted by atomic mass is 10.2. The van der Waals surface area contributed by atoms with Crippen molar-refractivity contribution in [3.8, 4) is 0 Å². The van der Waals surface area contributed by atoms with Gasteiger partial charge in [0.1, 0.15) is 0 Å².